The summed E-state index contributed by atoms with van der Waals surface area (Å²) in [7, 11) is 0. The standard InChI is InChI=1S/C14H23NO2/c1-9(2)11-4-6-13(15)7-5-12(16)10(3)14(13,17)8-11/h10-11,17H,1,4-8,15H2,2-3H3/t10?,11?,13-,14+/m0/s1. The molecule has 2 rings (SSSR count). The molecule has 4 atom stereocenters. The van der Waals surface area contributed by atoms with Gasteiger partial charge in [0.05, 0.1) is 5.60 Å². The number of aliphatic hydroxyl groups is 1. The molecule has 3 N–H and O–H groups in total. The molecule has 0 amide bonds. The zero-order valence-electron chi connectivity index (χ0n) is 10.8. The van der Waals surface area contributed by atoms with Gasteiger partial charge in [-0.2, -0.15) is 0 Å². The Balaban J connectivity index is 2.32. The summed E-state index contributed by atoms with van der Waals surface area (Å²) in [5.41, 5.74) is 5.86. The number of ketones is 1. The van der Waals surface area contributed by atoms with E-state index in [-0.39, 0.29) is 11.7 Å². The second kappa shape index (κ2) is 3.92. The number of hydrogen-bond donors (Lipinski definition) is 2. The highest BCUT2D eigenvalue weighted by molar-refractivity contribution is 5.83. The van der Waals surface area contributed by atoms with Crippen LogP contribution in [-0.2, 0) is 4.79 Å². The highest BCUT2D eigenvalue weighted by atomic mass is 16.3. The van der Waals surface area contributed by atoms with Gasteiger partial charge >= 0.3 is 0 Å². The van der Waals surface area contributed by atoms with Crippen LogP contribution in [0.25, 0.3) is 0 Å². The summed E-state index contributed by atoms with van der Waals surface area (Å²) in [6, 6.07) is 0. The van der Waals surface area contributed by atoms with Crippen molar-refractivity contribution in [1.29, 1.82) is 0 Å². The molecule has 2 fully saturated rings. The predicted octanol–water partition coefficient (Wildman–Crippen LogP) is 1.79. The quantitative estimate of drug-likeness (QED) is 0.683. The van der Waals surface area contributed by atoms with Crippen molar-refractivity contribution in [3.8, 4) is 0 Å². The first-order valence-electron chi connectivity index (χ1n) is 6.49. The van der Waals surface area contributed by atoms with E-state index in [0.717, 1.165) is 18.4 Å². The van der Waals surface area contributed by atoms with Crippen LogP contribution in [0.1, 0.15) is 46.0 Å². The van der Waals surface area contributed by atoms with E-state index in [1.165, 1.54) is 0 Å². The average molecular weight is 237 g/mol. The van der Waals surface area contributed by atoms with E-state index in [4.69, 9.17) is 5.73 Å². The number of hydrogen-bond acceptors (Lipinski definition) is 3. The van der Waals surface area contributed by atoms with Crippen molar-refractivity contribution >= 4 is 5.78 Å². The summed E-state index contributed by atoms with van der Waals surface area (Å²) in [6.07, 6.45) is 3.49. The molecule has 0 bridgehead atoms. The van der Waals surface area contributed by atoms with E-state index in [9.17, 15) is 9.90 Å². The van der Waals surface area contributed by atoms with Crippen LogP contribution in [-0.4, -0.2) is 22.0 Å². The monoisotopic (exact) mass is 237 g/mol. The fourth-order valence-corrected chi connectivity index (χ4v) is 3.53. The summed E-state index contributed by atoms with van der Waals surface area (Å²) < 4.78 is 0. The van der Waals surface area contributed by atoms with Crippen LogP contribution in [0.3, 0.4) is 0 Å². The van der Waals surface area contributed by atoms with Crippen LogP contribution < -0.4 is 5.73 Å². The van der Waals surface area contributed by atoms with Crippen LogP contribution >= 0.6 is 0 Å². The molecule has 0 aromatic heterocycles. The minimum atomic E-state index is -1.04. The minimum Gasteiger partial charge on any atom is -0.387 e. The summed E-state index contributed by atoms with van der Waals surface area (Å²) >= 11 is 0. The van der Waals surface area contributed by atoms with E-state index in [1.54, 1.807) is 0 Å². The molecule has 0 saturated heterocycles. The Morgan fingerprint density at radius 2 is 2.18 bits per heavy atom. The van der Waals surface area contributed by atoms with E-state index in [2.05, 4.69) is 6.58 Å². The number of allylic oxidation sites excluding steroid dienone is 1. The Morgan fingerprint density at radius 3 is 2.76 bits per heavy atom. The Hall–Kier alpha value is -0.670. The van der Waals surface area contributed by atoms with Gasteiger partial charge in [0.15, 0.2) is 0 Å². The third-order valence-corrected chi connectivity index (χ3v) is 5.07. The summed E-state index contributed by atoms with van der Waals surface area (Å²) in [6.45, 7) is 7.79. The topological polar surface area (TPSA) is 63.3 Å². The molecule has 2 saturated carbocycles. The molecule has 0 heterocycles. The van der Waals surface area contributed by atoms with Gasteiger partial charge in [-0.25, -0.2) is 0 Å². The molecule has 96 valence electrons. The van der Waals surface area contributed by atoms with Crippen molar-refractivity contribution in [3.63, 3.8) is 0 Å². The lowest BCUT2D eigenvalue weighted by Crippen LogP contribution is -2.70. The van der Waals surface area contributed by atoms with Crippen LogP contribution in [0.15, 0.2) is 12.2 Å². The number of Topliss-reactive ketones (excluding diaryl/α,β-unsaturated/α-hetero) is 1. The van der Waals surface area contributed by atoms with Gasteiger partial charge in [-0.3, -0.25) is 4.79 Å². The van der Waals surface area contributed by atoms with Gasteiger partial charge in [0.1, 0.15) is 5.78 Å². The van der Waals surface area contributed by atoms with Gasteiger partial charge in [0, 0.05) is 17.9 Å². The van der Waals surface area contributed by atoms with Crippen molar-refractivity contribution in [1.82, 2.24) is 0 Å². The molecule has 3 heteroatoms. The Kier molecular flexibility index (Phi) is 2.95. The highest BCUT2D eigenvalue weighted by Gasteiger charge is 2.58. The summed E-state index contributed by atoms with van der Waals surface area (Å²) in [5.74, 6) is 0.101. The zero-order valence-corrected chi connectivity index (χ0v) is 10.8. The van der Waals surface area contributed by atoms with E-state index in [0.29, 0.717) is 25.2 Å². The van der Waals surface area contributed by atoms with Gasteiger partial charge in [-0.05, 0) is 38.5 Å². The molecule has 3 nitrogen and oxygen atoms in total. The average Bonchev–Trinajstić information content (AvgIpc) is 2.27. The smallest absolute Gasteiger partial charge is 0.138 e. The SMILES string of the molecule is C=C(C)C1CC[C@]2(N)CCC(=O)C(C)[C@]2(O)C1. The second-order valence-corrected chi connectivity index (χ2v) is 6.05. The summed E-state index contributed by atoms with van der Waals surface area (Å²) in [5, 5.41) is 10.9. The Bertz CT molecular complexity index is 365. The first-order valence-corrected chi connectivity index (χ1v) is 6.49. The van der Waals surface area contributed by atoms with Gasteiger partial charge in [0.2, 0.25) is 0 Å². The summed E-state index contributed by atoms with van der Waals surface area (Å²) in [4.78, 5) is 11.8. The molecule has 0 spiro atoms. The highest BCUT2D eigenvalue weighted by Crippen LogP contribution is 2.50. The predicted molar refractivity (Wildman–Crippen MR) is 67.4 cm³/mol. The minimum absolute atomic E-state index is 0.149. The molecule has 2 aliphatic rings. The van der Waals surface area contributed by atoms with E-state index < -0.39 is 11.1 Å². The molecule has 0 aliphatic heterocycles. The number of nitrogens with two attached hydrogens (primary N) is 1. The van der Waals surface area contributed by atoms with Gasteiger partial charge in [-0.15, -0.1) is 0 Å². The van der Waals surface area contributed by atoms with Crippen LogP contribution in [0, 0.1) is 11.8 Å². The van der Waals surface area contributed by atoms with Crippen LogP contribution in [0.2, 0.25) is 0 Å². The maximum atomic E-state index is 11.8. The number of rotatable bonds is 1. The maximum absolute atomic E-state index is 11.8. The Morgan fingerprint density at radius 1 is 1.53 bits per heavy atom. The van der Waals surface area contributed by atoms with E-state index in [1.807, 2.05) is 13.8 Å². The van der Waals surface area contributed by atoms with E-state index >= 15 is 0 Å². The molecule has 2 unspecified atom stereocenters. The fourth-order valence-electron chi connectivity index (χ4n) is 3.53. The lowest BCUT2D eigenvalue weighted by atomic mass is 9.55. The van der Waals surface area contributed by atoms with Crippen LogP contribution in [0.5, 0.6) is 0 Å². The van der Waals surface area contributed by atoms with Gasteiger partial charge in [-0.1, -0.05) is 19.1 Å². The van der Waals surface area contributed by atoms with Crippen molar-refractivity contribution in [2.24, 2.45) is 17.6 Å². The number of carbonyl (C=O) groups excluding carboxylic acids is 1. The van der Waals surface area contributed by atoms with Crippen LogP contribution in [0.4, 0.5) is 0 Å². The fraction of sp³-hybridized carbons (Fsp3) is 0.786. The largest absolute Gasteiger partial charge is 0.387 e. The first kappa shape index (κ1) is 12.8. The maximum Gasteiger partial charge on any atom is 0.138 e. The molecule has 17 heavy (non-hydrogen) atoms. The van der Waals surface area contributed by atoms with Crippen molar-refractivity contribution < 1.29 is 9.90 Å². The third-order valence-electron chi connectivity index (χ3n) is 5.07. The lowest BCUT2D eigenvalue weighted by Gasteiger charge is -2.55. The normalized spacial score (nSPS) is 46.5. The molecule has 0 radical (unpaired) electrons. The third kappa shape index (κ3) is 1.76. The van der Waals surface area contributed by atoms with Crippen molar-refractivity contribution in [2.75, 3.05) is 0 Å². The number of fused-ring (bicyclic) bond motifs is 1. The molecule has 0 aromatic rings. The molecular formula is C14H23NO2. The molecular weight excluding hydrogens is 214 g/mol. The first-order chi connectivity index (χ1) is 7.80. The van der Waals surface area contributed by atoms with Gasteiger partial charge < -0.3 is 10.8 Å². The number of carbonyl (C=O) groups is 1. The molecule has 0 aromatic carbocycles. The zero-order chi connectivity index (χ0) is 12.8. The van der Waals surface area contributed by atoms with Crippen molar-refractivity contribution in [3.05, 3.63) is 12.2 Å². The van der Waals surface area contributed by atoms with Crippen molar-refractivity contribution in [2.45, 2.75) is 57.1 Å². The molecule has 2 aliphatic carbocycles. The Labute approximate surface area is 103 Å². The second-order valence-electron chi connectivity index (χ2n) is 6.05. The van der Waals surface area contributed by atoms with Gasteiger partial charge in [0.25, 0.3) is 0 Å². The lowest BCUT2D eigenvalue weighted by molar-refractivity contribution is -0.160.